The molecule has 0 aliphatic heterocycles. The first-order valence-electron chi connectivity index (χ1n) is 8.18. The molecule has 0 radical (unpaired) electrons. The van der Waals surface area contributed by atoms with Crippen molar-refractivity contribution in [3.05, 3.63) is 58.1 Å². The molecule has 0 aliphatic rings. The topological polar surface area (TPSA) is 59.9 Å². The van der Waals surface area contributed by atoms with E-state index in [4.69, 9.17) is 9.47 Å². The molecule has 0 fully saturated rings. The quantitative estimate of drug-likeness (QED) is 0.562. The van der Waals surface area contributed by atoms with E-state index in [9.17, 15) is 4.79 Å². The van der Waals surface area contributed by atoms with E-state index in [1.807, 2.05) is 42.5 Å². The van der Waals surface area contributed by atoms with Gasteiger partial charge in [0.1, 0.15) is 11.5 Å². The van der Waals surface area contributed by atoms with Crippen molar-refractivity contribution in [1.82, 2.24) is 5.43 Å². The van der Waals surface area contributed by atoms with Gasteiger partial charge >= 0.3 is 0 Å². The predicted molar refractivity (Wildman–Crippen MR) is 107 cm³/mol. The van der Waals surface area contributed by atoms with Gasteiger partial charge in [0.2, 0.25) is 0 Å². The Hall–Kier alpha value is -2.34. The van der Waals surface area contributed by atoms with Gasteiger partial charge in [0.15, 0.2) is 6.61 Å². The fourth-order valence-corrected chi connectivity index (χ4v) is 2.59. The van der Waals surface area contributed by atoms with Crippen molar-refractivity contribution in [2.24, 2.45) is 5.10 Å². The molecule has 0 unspecified atom stereocenters. The second-order valence-corrected chi connectivity index (χ2v) is 7.66. The summed E-state index contributed by atoms with van der Waals surface area (Å²) in [6.45, 7) is 6.33. The summed E-state index contributed by atoms with van der Waals surface area (Å²) < 4.78 is 11.6. The van der Waals surface area contributed by atoms with E-state index in [0.29, 0.717) is 11.5 Å². The summed E-state index contributed by atoms with van der Waals surface area (Å²) in [6, 6.07) is 13.3. The largest absolute Gasteiger partial charge is 0.496 e. The van der Waals surface area contributed by atoms with Gasteiger partial charge < -0.3 is 9.47 Å². The molecule has 138 valence electrons. The first kappa shape index (κ1) is 20.0. The number of benzene rings is 2. The molecule has 0 saturated carbocycles. The van der Waals surface area contributed by atoms with Crippen LogP contribution in [0.25, 0.3) is 0 Å². The first-order chi connectivity index (χ1) is 12.3. The maximum absolute atomic E-state index is 11.9. The van der Waals surface area contributed by atoms with Gasteiger partial charge in [-0.15, -0.1) is 0 Å². The fraction of sp³-hybridized carbons (Fsp3) is 0.300. The Morgan fingerprint density at radius 2 is 1.88 bits per heavy atom. The van der Waals surface area contributed by atoms with Crippen molar-refractivity contribution in [3.63, 3.8) is 0 Å². The molecule has 0 atom stereocenters. The molecule has 0 spiro atoms. The maximum atomic E-state index is 11.9. The summed E-state index contributed by atoms with van der Waals surface area (Å²) in [5.41, 5.74) is 4.48. The van der Waals surface area contributed by atoms with Crippen molar-refractivity contribution in [2.75, 3.05) is 13.7 Å². The van der Waals surface area contributed by atoms with Crippen LogP contribution in [0.1, 0.15) is 31.9 Å². The molecule has 1 N–H and O–H groups in total. The number of halogens is 1. The number of rotatable bonds is 6. The van der Waals surface area contributed by atoms with Crippen LogP contribution in [0, 0.1) is 0 Å². The third-order valence-corrected chi connectivity index (χ3v) is 4.17. The lowest BCUT2D eigenvalue weighted by Crippen LogP contribution is -2.24. The molecule has 1 amide bonds. The van der Waals surface area contributed by atoms with E-state index >= 15 is 0 Å². The van der Waals surface area contributed by atoms with Crippen LogP contribution in [0.5, 0.6) is 11.5 Å². The number of hydrogen-bond donors (Lipinski definition) is 1. The average Bonchev–Trinajstić information content (AvgIpc) is 2.60. The monoisotopic (exact) mass is 418 g/mol. The molecule has 2 aromatic rings. The normalized spacial score (nSPS) is 11.4. The van der Waals surface area contributed by atoms with E-state index in [1.54, 1.807) is 7.11 Å². The summed E-state index contributed by atoms with van der Waals surface area (Å²) in [6.07, 6.45) is 1.53. The molecule has 2 rings (SSSR count). The molecule has 0 heterocycles. The Balaban J connectivity index is 1.87. The highest BCUT2D eigenvalue weighted by Crippen LogP contribution is 2.24. The number of carbonyl (C=O) groups is 1. The van der Waals surface area contributed by atoms with Crippen LogP contribution in [0.15, 0.2) is 52.0 Å². The van der Waals surface area contributed by atoms with E-state index in [0.717, 1.165) is 10.0 Å². The number of nitrogens with one attached hydrogen (secondary N) is 1. The standard InChI is InChI=1S/C20H23BrN2O3/c1-20(2,3)15-5-8-17(9-6-15)26-13-19(24)23-22-12-14-11-16(21)7-10-18(14)25-4/h5-12H,13H2,1-4H3,(H,23,24)/b22-12+. The molecule has 0 aromatic heterocycles. The Bertz CT molecular complexity index is 781. The highest BCUT2D eigenvalue weighted by atomic mass is 79.9. The second-order valence-electron chi connectivity index (χ2n) is 6.74. The highest BCUT2D eigenvalue weighted by Gasteiger charge is 2.13. The van der Waals surface area contributed by atoms with Crippen LogP contribution in [-0.4, -0.2) is 25.8 Å². The third kappa shape index (κ3) is 5.88. The maximum Gasteiger partial charge on any atom is 0.277 e. The van der Waals surface area contributed by atoms with Gasteiger partial charge in [0, 0.05) is 10.0 Å². The van der Waals surface area contributed by atoms with Crippen LogP contribution < -0.4 is 14.9 Å². The molecule has 26 heavy (non-hydrogen) atoms. The predicted octanol–water partition coefficient (Wildman–Crippen LogP) is 4.28. The Labute approximate surface area is 162 Å². The SMILES string of the molecule is COc1ccc(Br)cc1/C=N/NC(=O)COc1ccc(C(C)(C)C)cc1. The minimum absolute atomic E-state index is 0.0815. The van der Waals surface area contributed by atoms with E-state index in [2.05, 4.69) is 47.2 Å². The third-order valence-electron chi connectivity index (χ3n) is 3.67. The summed E-state index contributed by atoms with van der Waals surface area (Å²) in [4.78, 5) is 11.9. The highest BCUT2D eigenvalue weighted by molar-refractivity contribution is 9.10. The van der Waals surface area contributed by atoms with Crippen molar-refractivity contribution < 1.29 is 14.3 Å². The van der Waals surface area contributed by atoms with Gasteiger partial charge in [0.05, 0.1) is 13.3 Å². The number of nitrogens with zero attached hydrogens (tertiary/aromatic N) is 1. The van der Waals surface area contributed by atoms with E-state index < -0.39 is 0 Å². The van der Waals surface area contributed by atoms with Gasteiger partial charge in [-0.25, -0.2) is 5.43 Å². The lowest BCUT2D eigenvalue weighted by molar-refractivity contribution is -0.123. The van der Waals surface area contributed by atoms with Crippen LogP contribution in [0.4, 0.5) is 0 Å². The molecule has 5 nitrogen and oxygen atoms in total. The van der Waals surface area contributed by atoms with Gasteiger partial charge in [-0.3, -0.25) is 4.79 Å². The minimum Gasteiger partial charge on any atom is -0.496 e. The molecular weight excluding hydrogens is 396 g/mol. The summed E-state index contributed by atoms with van der Waals surface area (Å²) in [7, 11) is 1.58. The summed E-state index contributed by atoms with van der Waals surface area (Å²) in [5.74, 6) is 0.974. The van der Waals surface area contributed by atoms with Gasteiger partial charge in [-0.05, 0) is 41.3 Å². The number of hydrazone groups is 1. The fourth-order valence-electron chi connectivity index (χ4n) is 2.21. The number of carbonyl (C=O) groups excluding carboxylic acids is 1. The number of amides is 1. The number of methoxy groups -OCH3 is 1. The molecule has 0 bridgehead atoms. The molecule has 0 saturated heterocycles. The molecule has 2 aromatic carbocycles. The van der Waals surface area contributed by atoms with Crippen LogP contribution >= 0.6 is 15.9 Å². The number of ether oxygens (including phenoxy) is 2. The Morgan fingerprint density at radius 1 is 1.19 bits per heavy atom. The van der Waals surface area contributed by atoms with Gasteiger partial charge in [-0.2, -0.15) is 5.10 Å². The smallest absolute Gasteiger partial charge is 0.277 e. The van der Waals surface area contributed by atoms with E-state index in [1.165, 1.54) is 11.8 Å². The zero-order valence-electron chi connectivity index (χ0n) is 15.4. The average molecular weight is 419 g/mol. The summed E-state index contributed by atoms with van der Waals surface area (Å²) >= 11 is 3.39. The molecule has 0 aliphatic carbocycles. The van der Waals surface area contributed by atoms with Crippen LogP contribution in [-0.2, 0) is 10.2 Å². The van der Waals surface area contributed by atoms with Crippen molar-refractivity contribution in [2.45, 2.75) is 26.2 Å². The van der Waals surface area contributed by atoms with Crippen LogP contribution in [0.3, 0.4) is 0 Å². The molecule has 6 heteroatoms. The second kappa shape index (κ2) is 8.85. The lowest BCUT2D eigenvalue weighted by Gasteiger charge is -2.19. The van der Waals surface area contributed by atoms with E-state index in [-0.39, 0.29) is 17.9 Å². The van der Waals surface area contributed by atoms with Crippen molar-refractivity contribution >= 4 is 28.1 Å². The van der Waals surface area contributed by atoms with Gasteiger partial charge in [0.25, 0.3) is 5.91 Å². The Kier molecular flexibility index (Phi) is 6.80. The van der Waals surface area contributed by atoms with Gasteiger partial charge in [-0.1, -0.05) is 48.8 Å². The minimum atomic E-state index is -0.338. The zero-order chi connectivity index (χ0) is 19.2. The summed E-state index contributed by atoms with van der Waals surface area (Å²) in [5, 5.41) is 3.94. The molecular formula is C20H23BrN2O3. The zero-order valence-corrected chi connectivity index (χ0v) is 17.0. The number of hydrogen-bond acceptors (Lipinski definition) is 4. The van der Waals surface area contributed by atoms with Crippen molar-refractivity contribution in [3.8, 4) is 11.5 Å². The van der Waals surface area contributed by atoms with Crippen LogP contribution in [0.2, 0.25) is 0 Å². The van der Waals surface area contributed by atoms with Crippen molar-refractivity contribution in [1.29, 1.82) is 0 Å². The lowest BCUT2D eigenvalue weighted by atomic mass is 9.87. The first-order valence-corrected chi connectivity index (χ1v) is 8.97. The Morgan fingerprint density at radius 3 is 2.50 bits per heavy atom.